The van der Waals surface area contributed by atoms with Crippen LogP contribution in [0.3, 0.4) is 0 Å². The smallest absolute Gasteiger partial charge is 0.259 e. The summed E-state index contributed by atoms with van der Waals surface area (Å²) in [6.07, 6.45) is 0. The molecule has 2 N–H and O–H groups in total. The van der Waals surface area contributed by atoms with Crippen LogP contribution in [0.1, 0.15) is 10.4 Å². The summed E-state index contributed by atoms with van der Waals surface area (Å²) in [6.45, 7) is 0. The van der Waals surface area contributed by atoms with E-state index in [1.165, 1.54) is 23.1 Å². The molecule has 0 aliphatic carbocycles. The van der Waals surface area contributed by atoms with Gasteiger partial charge in [-0.3, -0.25) is 14.9 Å². The summed E-state index contributed by atoms with van der Waals surface area (Å²) in [7, 11) is 0. The Morgan fingerprint density at radius 1 is 1.07 bits per heavy atom. The van der Waals surface area contributed by atoms with Gasteiger partial charge in [0, 0.05) is 15.2 Å². The Bertz CT molecular complexity index is 1010. The topological polar surface area (TPSA) is 84.0 Å². The summed E-state index contributed by atoms with van der Waals surface area (Å²) in [5.41, 5.74) is 0.980. The van der Waals surface area contributed by atoms with E-state index in [0.29, 0.717) is 30.8 Å². The van der Waals surface area contributed by atoms with Gasteiger partial charge >= 0.3 is 0 Å². The first-order valence-electron chi connectivity index (χ1n) is 7.69. The molecule has 28 heavy (non-hydrogen) atoms. The van der Waals surface area contributed by atoms with Crippen LogP contribution in [0.4, 0.5) is 10.8 Å². The number of amides is 2. The van der Waals surface area contributed by atoms with Crippen molar-refractivity contribution in [2.75, 3.05) is 16.4 Å². The van der Waals surface area contributed by atoms with Crippen molar-refractivity contribution in [3.63, 3.8) is 0 Å². The lowest BCUT2D eigenvalue weighted by molar-refractivity contribution is -0.113. The maximum Gasteiger partial charge on any atom is 0.259 e. The molecule has 0 saturated carbocycles. The minimum absolute atomic E-state index is 0.155. The number of anilines is 2. The molecule has 0 unspecified atom stereocenters. The highest BCUT2D eigenvalue weighted by atomic mass is 79.9. The molecule has 11 heteroatoms. The first-order valence-corrected chi connectivity index (χ1v) is 11.0. The average Bonchev–Trinajstić information content (AvgIpc) is 3.11. The fraction of sp³-hybridized carbons (Fsp3) is 0.0588. The van der Waals surface area contributed by atoms with E-state index in [0.717, 1.165) is 4.47 Å². The van der Waals surface area contributed by atoms with Crippen molar-refractivity contribution in [3.05, 3.63) is 62.5 Å². The van der Waals surface area contributed by atoms with Gasteiger partial charge in [-0.25, -0.2) is 0 Å². The zero-order valence-electron chi connectivity index (χ0n) is 13.9. The van der Waals surface area contributed by atoms with Gasteiger partial charge in [0.1, 0.15) is 0 Å². The molecule has 2 amide bonds. The van der Waals surface area contributed by atoms with Crippen LogP contribution in [-0.4, -0.2) is 27.8 Å². The number of carbonyl (C=O) groups excluding carboxylic acids is 2. The lowest BCUT2D eigenvalue weighted by atomic mass is 10.2. The van der Waals surface area contributed by atoms with Crippen LogP contribution in [-0.2, 0) is 4.79 Å². The summed E-state index contributed by atoms with van der Waals surface area (Å²) in [5, 5.41) is 14.6. The quantitative estimate of drug-likeness (QED) is 0.329. The molecule has 0 saturated heterocycles. The Labute approximate surface area is 187 Å². The molecule has 1 aromatic heterocycles. The minimum atomic E-state index is -0.389. The summed E-state index contributed by atoms with van der Waals surface area (Å²) >= 11 is 17.6. The third kappa shape index (κ3) is 5.92. The number of aromatic nitrogens is 2. The van der Waals surface area contributed by atoms with Crippen molar-refractivity contribution in [2.45, 2.75) is 4.34 Å². The normalized spacial score (nSPS) is 10.5. The second kappa shape index (κ2) is 9.71. The van der Waals surface area contributed by atoms with Crippen molar-refractivity contribution >= 4 is 84.9 Å². The van der Waals surface area contributed by atoms with Gasteiger partial charge in [0.15, 0.2) is 4.34 Å². The average molecular weight is 518 g/mol. The summed E-state index contributed by atoms with van der Waals surface area (Å²) in [5.74, 6) is -0.420. The highest BCUT2D eigenvalue weighted by Gasteiger charge is 2.14. The molecule has 0 fully saturated rings. The van der Waals surface area contributed by atoms with E-state index < -0.39 is 0 Å². The van der Waals surface area contributed by atoms with E-state index in [-0.39, 0.29) is 17.6 Å². The predicted octanol–water partition coefficient (Wildman–Crippen LogP) is 5.59. The molecular formula is C17H11BrCl2N4O2S2. The highest BCUT2D eigenvalue weighted by Crippen LogP contribution is 2.27. The monoisotopic (exact) mass is 516 g/mol. The summed E-state index contributed by atoms with van der Waals surface area (Å²) in [4.78, 5) is 24.3. The molecule has 0 atom stereocenters. The van der Waals surface area contributed by atoms with Crippen molar-refractivity contribution < 1.29 is 9.59 Å². The number of hydrogen-bond acceptors (Lipinski definition) is 6. The molecule has 144 valence electrons. The SMILES string of the molecule is O=C(CSc1nnc(NC(=O)c2cc(Br)ccc2Cl)s1)Nc1ccc(Cl)cc1. The molecule has 2 aromatic carbocycles. The molecule has 1 heterocycles. The van der Waals surface area contributed by atoms with Gasteiger partial charge in [-0.05, 0) is 42.5 Å². The Morgan fingerprint density at radius 3 is 2.57 bits per heavy atom. The zero-order valence-corrected chi connectivity index (χ0v) is 18.6. The number of carbonyl (C=O) groups is 2. The van der Waals surface area contributed by atoms with E-state index in [1.54, 1.807) is 42.5 Å². The van der Waals surface area contributed by atoms with Crippen LogP contribution in [0.15, 0.2) is 51.3 Å². The summed E-state index contributed by atoms with van der Waals surface area (Å²) < 4.78 is 1.30. The Morgan fingerprint density at radius 2 is 1.82 bits per heavy atom. The maximum atomic E-state index is 12.3. The fourth-order valence-electron chi connectivity index (χ4n) is 2.01. The number of benzene rings is 2. The van der Waals surface area contributed by atoms with E-state index >= 15 is 0 Å². The van der Waals surface area contributed by atoms with Crippen LogP contribution >= 0.6 is 62.2 Å². The second-order valence-electron chi connectivity index (χ2n) is 5.30. The number of nitrogens with zero attached hydrogens (tertiary/aromatic N) is 2. The first kappa shape index (κ1) is 21.1. The molecule has 0 radical (unpaired) electrons. The number of hydrogen-bond donors (Lipinski definition) is 2. The third-order valence-corrected chi connectivity index (χ3v) is 6.30. The molecule has 0 aliphatic rings. The molecule has 0 bridgehead atoms. The van der Waals surface area contributed by atoms with Crippen LogP contribution in [0.25, 0.3) is 0 Å². The van der Waals surface area contributed by atoms with E-state index in [1.807, 2.05) is 0 Å². The maximum absolute atomic E-state index is 12.3. The number of thioether (sulfide) groups is 1. The minimum Gasteiger partial charge on any atom is -0.325 e. The Kier molecular flexibility index (Phi) is 7.30. The van der Waals surface area contributed by atoms with Gasteiger partial charge < -0.3 is 5.32 Å². The Hall–Kier alpha value is -1.65. The lowest BCUT2D eigenvalue weighted by Gasteiger charge is -2.04. The van der Waals surface area contributed by atoms with Crippen molar-refractivity contribution in [1.29, 1.82) is 0 Å². The summed E-state index contributed by atoms with van der Waals surface area (Å²) in [6, 6.07) is 11.8. The van der Waals surface area contributed by atoms with Gasteiger partial charge in [0.2, 0.25) is 11.0 Å². The van der Waals surface area contributed by atoms with Gasteiger partial charge in [-0.2, -0.15) is 0 Å². The molecule has 3 rings (SSSR count). The number of nitrogens with one attached hydrogen (secondary N) is 2. The lowest BCUT2D eigenvalue weighted by Crippen LogP contribution is -2.13. The van der Waals surface area contributed by atoms with E-state index in [4.69, 9.17) is 23.2 Å². The van der Waals surface area contributed by atoms with E-state index in [2.05, 4.69) is 36.8 Å². The first-order chi connectivity index (χ1) is 13.4. The zero-order chi connectivity index (χ0) is 20.1. The standard InChI is InChI=1S/C17H11BrCl2N4O2S2/c18-9-1-6-13(20)12(7-9)15(26)22-16-23-24-17(28-16)27-8-14(25)21-11-4-2-10(19)3-5-11/h1-7H,8H2,(H,21,25)(H,22,23,26). The van der Waals surface area contributed by atoms with Gasteiger partial charge in [0.05, 0.1) is 16.3 Å². The van der Waals surface area contributed by atoms with Crippen molar-refractivity contribution in [3.8, 4) is 0 Å². The van der Waals surface area contributed by atoms with Gasteiger partial charge in [-0.15, -0.1) is 10.2 Å². The fourth-order valence-corrected chi connectivity index (χ4v) is 4.25. The molecule has 3 aromatic rings. The van der Waals surface area contributed by atoms with Crippen LogP contribution in [0.2, 0.25) is 10.0 Å². The van der Waals surface area contributed by atoms with Crippen LogP contribution in [0, 0.1) is 0 Å². The van der Waals surface area contributed by atoms with Crippen molar-refractivity contribution in [2.24, 2.45) is 0 Å². The highest BCUT2D eigenvalue weighted by molar-refractivity contribution is 9.10. The van der Waals surface area contributed by atoms with E-state index in [9.17, 15) is 9.59 Å². The third-order valence-electron chi connectivity index (χ3n) is 3.25. The molecular weight excluding hydrogens is 507 g/mol. The van der Waals surface area contributed by atoms with Crippen LogP contribution in [0.5, 0.6) is 0 Å². The predicted molar refractivity (Wildman–Crippen MR) is 118 cm³/mol. The second-order valence-corrected chi connectivity index (χ2v) is 9.25. The molecule has 0 spiro atoms. The number of halogens is 3. The molecule has 0 aliphatic heterocycles. The van der Waals surface area contributed by atoms with Crippen LogP contribution < -0.4 is 10.6 Å². The molecule has 6 nitrogen and oxygen atoms in total. The van der Waals surface area contributed by atoms with Crippen molar-refractivity contribution in [1.82, 2.24) is 10.2 Å². The van der Waals surface area contributed by atoms with Gasteiger partial charge in [-0.1, -0.05) is 62.2 Å². The van der Waals surface area contributed by atoms with Gasteiger partial charge in [0.25, 0.3) is 5.91 Å². The number of rotatable bonds is 6. The Balaban J connectivity index is 1.53. The largest absolute Gasteiger partial charge is 0.325 e.